The van der Waals surface area contributed by atoms with Crippen molar-refractivity contribution in [2.45, 2.75) is 30.7 Å². The van der Waals surface area contributed by atoms with Crippen molar-refractivity contribution in [2.75, 3.05) is 18.0 Å². The molecule has 0 spiro atoms. The number of halogens is 2. The number of para-hydroxylation sites is 1. The number of amides is 1. The molecule has 0 fully saturated rings. The quantitative estimate of drug-likeness (QED) is 0.445. The van der Waals surface area contributed by atoms with E-state index in [2.05, 4.69) is 0 Å². The second kappa shape index (κ2) is 9.85. The van der Waals surface area contributed by atoms with Gasteiger partial charge in [-0.25, -0.2) is 8.42 Å². The number of carbonyl (C=O) groups is 1. The minimum Gasteiger partial charge on any atom is -0.308 e. The van der Waals surface area contributed by atoms with E-state index in [9.17, 15) is 13.2 Å². The van der Waals surface area contributed by atoms with Crippen LogP contribution < -0.4 is 4.90 Å². The third-order valence-electron chi connectivity index (χ3n) is 5.79. The van der Waals surface area contributed by atoms with Crippen LogP contribution >= 0.6 is 23.2 Å². The van der Waals surface area contributed by atoms with Gasteiger partial charge in [-0.15, -0.1) is 0 Å². The zero-order valence-electron chi connectivity index (χ0n) is 18.1. The smallest absolute Gasteiger partial charge is 0.245 e. The minimum absolute atomic E-state index is 0.0525. The van der Waals surface area contributed by atoms with Crippen LogP contribution in [0.3, 0.4) is 0 Å². The lowest BCUT2D eigenvalue weighted by Crippen LogP contribution is -2.45. The van der Waals surface area contributed by atoms with Gasteiger partial charge in [-0.2, -0.15) is 4.31 Å². The van der Waals surface area contributed by atoms with Gasteiger partial charge in [-0.3, -0.25) is 4.79 Å². The largest absolute Gasteiger partial charge is 0.308 e. The molecule has 1 aliphatic heterocycles. The van der Waals surface area contributed by atoms with Crippen LogP contribution in [-0.2, 0) is 27.7 Å². The standard InChI is InChI=1S/C25H24Cl2N2O3S/c1-18-15-20-9-5-6-10-23(20)29(18)25(30)17-28(14-13-19-7-3-2-4-8-19)33(31,32)24-16-21(26)11-12-22(24)27/h2-12,16,18H,13-15,17H2,1H3/t18-/m1/s1. The van der Waals surface area contributed by atoms with Gasteiger partial charge in [-0.1, -0.05) is 71.7 Å². The Bertz CT molecular complexity index is 1270. The fraction of sp³-hybridized carbons (Fsp3) is 0.240. The predicted octanol–water partition coefficient (Wildman–Crippen LogP) is 5.20. The number of anilines is 1. The highest BCUT2D eigenvalue weighted by atomic mass is 35.5. The Morgan fingerprint density at radius 3 is 2.48 bits per heavy atom. The first-order valence-corrected chi connectivity index (χ1v) is 12.9. The molecular formula is C25H24Cl2N2O3S. The van der Waals surface area contributed by atoms with Gasteiger partial charge < -0.3 is 4.90 Å². The van der Waals surface area contributed by atoms with Gasteiger partial charge in [0.05, 0.1) is 11.6 Å². The molecule has 4 rings (SSSR count). The van der Waals surface area contributed by atoms with E-state index in [-0.39, 0.29) is 40.0 Å². The van der Waals surface area contributed by atoms with Crippen molar-refractivity contribution in [3.63, 3.8) is 0 Å². The van der Waals surface area contributed by atoms with E-state index in [1.165, 1.54) is 22.5 Å². The number of benzene rings is 3. The molecule has 33 heavy (non-hydrogen) atoms. The number of hydrogen-bond donors (Lipinski definition) is 0. The normalized spacial score (nSPS) is 15.6. The highest BCUT2D eigenvalue weighted by Crippen LogP contribution is 2.33. The SMILES string of the molecule is C[C@@H]1Cc2ccccc2N1C(=O)CN(CCc1ccccc1)S(=O)(=O)c1cc(Cl)ccc1Cl. The summed E-state index contributed by atoms with van der Waals surface area (Å²) in [6, 6.07) is 21.5. The molecule has 3 aromatic carbocycles. The molecule has 0 unspecified atom stereocenters. The van der Waals surface area contributed by atoms with Gasteiger partial charge >= 0.3 is 0 Å². The Labute approximate surface area is 204 Å². The Hall–Kier alpha value is -2.38. The Morgan fingerprint density at radius 1 is 1.03 bits per heavy atom. The second-order valence-corrected chi connectivity index (χ2v) is 10.8. The summed E-state index contributed by atoms with van der Waals surface area (Å²) in [4.78, 5) is 15.0. The molecule has 0 bridgehead atoms. The molecule has 0 radical (unpaired) electrons. The van der Waals surface area contributed by atoms with Crippen LogP contribution in [0.5, 0.6) is 0 Å². The summed E-state index contributed by atoms with van der Waals surface area (Å²) in [5, 5.41) is 0.325. The molecular weight excluding hydrogens is 479 g/mol. The average molecular weight is 503 g/mol. The molecule has 0 saturated carbocycles. The monoisotopic (exact) mass is 502 g/mol. The Balaban J connectivity index is 1.65. The van der Waals surface area contributed by atoms with Crippen molar-refractivity contribution < 1.29 is 13.2 Å². The van der Waals surface area contributed by atoms with Crippen LogP contribution in [0.15, 0.2) is 77.7 Å². The van der Waals surface area contributed by atoms with Gasteiger partial charge in [0.15, 0.2) is 0 Å². The van der Waals surface area contributed by atoms with E-state index in [0.29, 0.717) is 6.42 Å². The molecule has 1 amide bonds. The number of sulfonamides is 1. The van der Waals surface area contributed by atoms with Crippen molar-refractivity contribution in [2.24, 2.45) is 0 Å². The first-order chi connectivity index (χ1) is 15.8. The van der Waals surface area contributed by atoms with Crippen molar-refractivity contribution in [1.29, 1.82) is 0 Å². The summed E-state index contributed by atoms with van der Waals surface area (Å²) < 4.78 is 28.4. The molecule has 0 aromatic heterocycles. The highest BCUT2D eigenvalue weighted by Gasteiger charge is 2.35. The number of carbonyl (C=O) groups excluding carboxylic acids is 1. The van der Waals surface area contributed by atoms with Crippen molar-refractivity contribution in [3.8, 4) is 0 Å². The fourth-order valence-electron chi connectivity index (χ4n) is 4.17. The van der Waals surface area contributed by atoms with Gasteiger partial charge in [0.25, 0.3) is 0 Å². The second-order valence-electron chi connectivity index (χ2n) is 8.09. The van der Waals surface area contributed by atoms with E-state index in [4.69, 9.17) is 23.2 Å². The zero-order chi connectivity index (χ0) is 23.6. The van der Waals surface area contributed by atoms with Gasteiger partial charge in [-0.05, 0) is 55.2 Å². The summed E-state index contributed by atoms with van der Waals surface area (Å²) in [6.45, 7) is 1.80. The van der Waals surface area contributed by atoms with Crippen LogP contribution in [0.25, 0.3) is 0 Å². The summed E-state index contributed by atoms with van der Waals surface area (Å²) in [5.74, 6) is -0.276. The summed E-state index contributed by atoms with van der Waals surface area (Å²) >= 11 is 12.3. The van der Waals surface area contributed by atoms with Gasteiger partial charge in [0.2, 0.25) is 15.9 Å². The maximum atomic E-state index is 13.6. The molecule has 172 valence electrons. The topological polar surface area (TPSA) is 57.7 Å². The zero-order valence-corrected chi connectivity index (χ0v) is 20.4. The van der Waals surface area contributed by atoms with Crippen LogP contribution in [0.4, 0.5) is 5.69 Å². The van der Waals surface area contributed by atoms with E-state index in [1.54, 1.807) is 4.90 Å². The molecule has 0 N–H and O–H groups in total. The highest BCUT2D eigenvalue weighted by molar-refractivity contribution is 7.89. The van der Waals surface area contributed by atoms with E-state index in [1.807, 2.05) is 61.5 Å². The maximum Gasteiger partial charge on any atom is 0.245 e. The van der Waals surface area contributed by atoms with E-state index in [0.717, 1.165) is 23.2 Å². The molecule has 0 aliphatic carbocycles. The molecule has 1 aliphatic rings. The summed E-state index contributed by atoms with van der Waals surface area (Å²) in [5.41, 5.74) is 2.88. The lowest BCUT2D eigenvalue weighted by molar-refractivity contribution is -0.119. The van der Waals surface area contributed by atoms with Crippen molar-refractivity contribution in [3.05, 3.63) is 94.0 Å². The first kappa shape index (κ1) is 23.8. The third-order valence-corrected chi connectivity index (χ3v) is 8.35. The number of fused-ring (bicyclic) bond motifs is 1. The molecule has 3 aromatic rings. The Morgan fingerprint density at radius 2 is 1.73 bits per heavy atom. The summed E-state index contributed by atoms with van der Waals surface area (Å²) in [6.07, 6.45) is 1.19. The number of nitrogens with zero attached hydrogens (tertiary/aromatic N) is 2. The molecule has 1 heterocycles. The summed E-state index contributed by atoms with van der Waals surface area (Å²) in [7, 11) is -4.07. The first-order valence-electron chi connectivity index (χ1n) is 10.7. The van der Waals surface area contributed by atoms with Crippen molar-refractivity contribution >= 4 is 44.8 Å². The van der Waals surface area contributed by atoms with Crippen molar-refractivity contribution in [1.82, 2.24) is 4.31 Å². The third kappa shape index (κ3) is 5.09. The predicted molar refractivity (Wildman–Crippen MR) is 132 cm³/mol. The van der Waals surface area contributed by atoms with Crippen LogP contribution in [0.2, 0.25) is 10.0 Å². The number of hydrogen-bond acceptors (Lipinski definition) is 3. The average Bonchev–Trinajstić information content (AvgIpc) is 3.14. The molecule has 5 nitrogen and oxygen atoms in total. The number of rotatable bonds is 7. The van der Waals surface area contributed by atoms with Gasteiger partial charge in [0.1, 0.15) is 4.90 Å². The molecule has 0 saturated heterocycles. The van der Waals surface area contributed by atoms with Crippen LogP contribution in [0.1, 0.15) is 18.1 Å². The van der Waals surface area contributed by atoms with E-state index < -0.39 is 10.0 Å². The Kier molecular flexibility index (Phi) is 7.10. The fourth-order valence-corrected chi connectivity index (χ4v) is 6.30. The lowest BCUT2D eigenvalue weighted by atomic mass is 10.1. The van der Waals surface area contributed by atoms with Crippen LogP contribution in [0, 0.1) is 0 Å². The molecule has 8 heteroatoms. The van der Waals surface area contributed by atoms with Gasteiger partial charge in [0, 0.05) is 23.3 Å². The van der Waals surface area contributed by atoms with E-state index >= 15 is 0 Å². The lowest BCUT2D eigenvalue weighted by Gasteiger charge is -2.28. The maximum absolute atomic E-state index is 13.6. The molecule has 1 atom stereocenters. The van der Waals surface area contributed by atoms with Crippen LogP contribution in [-0.4, -0.2) is 37.8 Å². The minimum atomic E-state index is -4.07.